The number of amides is 2. The number of nitro benzene ring substituents is 1. The third kappa shape index (κ3) is 5.31. The molecule has 33 heavy (non-hydrogen) atoms. The van der Waals surface area contributed by atoms with Crippen molar-refractivity contribution < 1.29 is 42.0 Å². The molecule has 2 aromatic rings. The van der Waals surface area contributed by atoms with Gasteiger partial charge in [-0.05, 0) is 36.0 Å². The lowest BCUT2D eigenvalue weighted by Gasteiger charge is -2.12. The van der Waals surface area contributed by atoms with Gasteiger partial charge in [-0.2, -0.15) is 13.2 Å². The Hall–Kier alpha value is -3.87. The lowest BCUT2D eigenvalue weighted by atomic mass is 10.1. The number of methoxy groups -OCH3 is 1. The van der Waals surface area contributed by atoms with Crippen LogP contribution in [0.2, 0.25) is 0 Å². The van der Waals surface area contributed by atoms with Crippen LogP contribution in [-0.4, -0.2) is 40.6 Å². The Kier molecular flexibility index (Phi) is 6.72. The minimum atomic E-state index is -4.78. The molecule has 0 unspecified atom stereocenters. The molecule has 2 aromatic carbocycles. The number of nitrogens with zero attached hydrogens (tertiary/aromatic N) is 2. The SMILES string of the molecule is COC(=O)CN1C(=O)S/C(=C/c2ccccc2Oc2ccc(C(F)(F)F)cc2[N+](=O)[O-])C1=O. The van der Waals surface area contributed by atoms with Gasteiger partial charge in [0.25, 0.3) is 11.1 Å². The van der Waals surface area contributed by atoms with Crippen LogP contribution in [0.1, 0.15) is 11.1 Å². The lowest BCUT2D eigenvalue weighted by molar-refractivity contribution is -0.385. The summed E-state index contributed by atoms with van der Waals surface area (Å²) >= 11 is 0.559. The molecular formula is C20H13F3N2O7S. The van der Waals surface area contributed by atoms with Crippen LogP contribution in [0.5, 0.6) is 11.5 Å². The molecule has 172 valence electrons. The number of carbonyl (C=O) groups is 3. The van der Waals surface area contributed by atoms with Gasteiger partial charge in [0.1, 0.15) is 12.3 Å². The smallest absolute Gasteiger partial charge is 0.416 e. The first-order valence-corrected chi connectivity index (χ1v) is 9.77. The van der Waals surface area contributed by atoms with Gasteiger partial charge in [0, 0.05) is 11.6 Å². The fourth-order valence-corrected chi connectivity index (χ4v) is 3.53. The van der Waals surface area contributed by atoms with Gasteiger partial charge in [-0.3, -0.25) is 29.4 Å². The molecule has 0 radical (unpaired) electrons. The third-order valence-corrected chi connectivity index (χ3v) is 5.20. The largest absolute Gasteiger partial charge is 0.468 e. The second-order valence-electron chi connectivity index (χ2n) is 6.42. The highest BCUT2D eigenvalue weighted by atomic mass is 32.2. The maximum absolute atomic E-state index is 12.9. The molecule has 13 heteroatoms. The molecule has 0 aromatic heterocycles. The Balaban J connectivity index is 1.94. The van der Waals surface area contributed by atoms with E-state index >= 15 is 0 Å². The van der Waals surface area contributed by atoms with E-state index < -0.39 is 51.8 Å². The van der Waals surface area contributed by atoms with Crippen LogP contribution in [0.3, 0.4) is 0 Å². The second-order valence-corrected chi connectivity index (χ2v) is 7.41. The molecule has 0 bridgehead atoms. The van der Waals surface area contributed by atoms with Crippen molar-refractivity contribution in [3.63, 3.8) is 0 Å². The van der Waals surface area contributed by atoms with Gasteiger partial charge in [-0.1, -0.05) is 18.2 Å². The van der Waals surface area contributed by atoms with Crippen molar-refractivity contribution in [3.05, 3.63) is 68.6 Å². The average molecular weight is 482 g/mol. The highest BCUT2D eigenvalue weighted by molar-refractivity contribution is 8.18. The zero-order valence-corrected chi connectivity index (χ0v) is 17.4. The summed E-state index contributed by atoms with van der Waals surface area (Å²) in [7, 11) is 1.10. The Morgan fingerprint density at radius 2 is 1.88 bits per heavy atom. The van der Waals surface area contributed by atoms with Gasteiger partial charge in [0.15, 0.2) is 0 Å². The van der Waals surface area contributed by atoms with Gasteiger partial charge in [-0.25, -0.2) is 0 Å². The highest BCUT2D eigenvalue weighted by Gasteiger charge is 2.37. The van der Waals surface area contributed by atoms with E-state index in [9.17, 15) is 37.7 Å². The predicted octanol–water partition coefficient (Wildman–Crippen LogP) is 4.62. The van der Waals surface area contributed by atoms with E-state index in [1.54, 1.807) is 6.07 Å². The van der Waals surface area contributed by atoms with E-state index in [2.05, 4.69) is 4.74 Å². The molecule has 0 saturated carbocycles. The third-order valence-electron chi connectivity index (χ3n) is 4.30. The van der Waals surface area contributed by atoms with Crippen LogP contribution < -0.4 is 4.74 Å². The standard InChI is InChI=1S/C20H13F3N2O7S/c1-31-17(26)10-24-18(27)16(33-19(24)28)8-11-4-2-3-5-14(11)32-15-7-6-12(20(21,22)23)9-13(15)25(29)30/h2-9H,10H2,1H3/b16-8+. The summed E-state index contributed by atoms with van der Waals surface area (Å²) in [6.07, 6.45) is -3.51. The summed E-state index contributed by atoms with van der Waals surface area (Å²) in [4.78, 5) is 46.9. The molecule has 1 aliphatic rings. The summed E-state index contributed by atoms with van der Waals surface area (Å²) in [6, 6.07) is 7.73. The molecule has 2 amide bonds. The van der Waals surface area contributed by atoms with Crippen LogP contribution in [0.15, 0.2) is 47.4 Å². The summed E-state index contributed by atoms with van der Waals surface area (Å²) in [5.41, 5.74) is -1.90. The first-order chi connectivity index (χ1) is 15.5. The Morgan fingerprint density at radius 1 is 1.18 bits per heavy atom. The van der Waals surface area contributed by atoms with Crippen molar-refractivity contribution >= 4 is 40.6 Å². The zero-order chi connectivity index (χ0) is 24.3. The monoisotopic (exact) mass is 482 g/mol. The van der Waals surface area contributed by atoms with Crippen molar-refractivity contribution in [2.75, 3.05) is 13.7 Å². The van der Waals surface area contributed by atoms with Crippen LogP contribution in [-0.2, 0) is 20.5 Å². The first-order valence-electron chi connectivity index (χ1n) is 8.96. The summed E-state index contributed by atoms with van der Waals surface area (Å²) in [5.74, 6) is -2.02. The number of benzene rings is 2. The van der Waals surface area contributed by atoms with Crippen molar-refractivity contribution in [3.8, 4) is 11.5 Å². The number of alkyl halides is 3. The first kappa shape index (κ1) is 23.8. The number of ether oxygens (including phenoxy) is 2. The minimum absolute atomic E-state index is 0.0138. The second kappa shape index (κ2) is 9.32. The number of halogens is 3. The van der Waals surface area contributed by atoms with E-state index in [1.165, 1.54) is 24.3 Å². The van der Waals surface area contributed by atoms with Crippen LogP contribution in [0, 0.1) is 10.1 Å². The van der Waals surface area contributed by atoms with Gasteiger partial charge < -0.3 is 9.47 Å². The van der Waals surface area contributed by atoms with Crippen LogP contribution in [0.25, 0.3) is 6.08 Å². The van der Waals surface area contributed by atoms with Crippen molar-refractivity contribution in [2.24, 2.45) is 0 Å². The fraction of sp³-hybridized carbons (Fsp3) is 0.150. The normalized spacial score (nSPS) is 15.2. The van der Waals surface area contributed by atoms with Crippen LogP contribution in [0.4, 0.5) is 23.7 Å². The van der Waals surface area contributed by atoms with Crippen molar-refractivity contribution in [1.29, 1.82) is 0 Å². The Labute approximate surface area is 187 Å². The molecule has 0 atom stereocenters. The van der Waals surface area contributed by atoms with E-state index in [0.717, 1.165) is 13.2 Å². The molecule has 1 saturated heterocycles. The van der Waals surface area contributed by atoms with Crippen molar-refractivity contribution in [2.45, 2.75) is 6.18 Å². The topological polar surface area (TPSA) is 116 Å². The number of para-hydroxylation sites is 1. The molecule has 0 N–H and O–H groups in total. The molecule has 1 heterocycles. The zero-order valence-electron chi connectivity index (χ0n) is 16.6. The fourth-order valence-electron chi connectivity index (χ4n) is 2.71. The number of esters is 1. The maximum Gasteiger partial charge on any atom is 0.416 e. The lowest BCUT2D eigenvalue weighted by Crippen LogP contribution is -2.34. The highest BCUT2D eigenvalue weighted by Crippen LogP contribution is 2.39. The Morgan fingerprint density at radius 3 is 2.52 bits per heavy atom. The van der Waals surface area contributed by atoms with Gasteiger partial charge in [0.05, 0.1) is 22.5 Å². The summed E-state index contributed by atoms with van der Waals surface area (Å²) < 4.78 is 48.7. The van der Waals surface area contributed by atoms with Crippen molar-refractivity contribution in [1.82, 2.24) is 4.90 Å². The van der Waals surface area contributed by atoms with Gasteiger partial charge in [-0.15, -0.1) is 0 Å². The van der Waals surface area contributed by atoms with E-state index in [1.807, 2.05) is 0 Å². The number of rotatable bonds is 6. The number of carbonyl (C=O) groups excluding carboxylic acids is 3. The predicted molar refractivity (Wildman–Crippen MR) is 109 cm³/mol. The number of thioether (sulfide) groups is 1. The van der Waals surface area contributed by atoms with E-state index in [4.69, 9.17) is 4.74 Å². The van der Waals surface area contributed by atoms with Crippen LogP contribution >= 0.6 is 11.8 Å². The Bertz CT molecular complexity index is 1180. The average Bonchev–Trinajstić information content (AvgIpc) is 3.01. The minimum Gasteiger partial charge on any atom is -0.468 e. The molecule has 1 fully saturated rings. The molecule has 3 rings (SSSR count). The number of hydrogen-bond donors (Lipinski definition) is 0. The molecule has 0 spiro atoms. The van der Waals surface area contributed by atoms with Gasteiger partial charge in [0.2, 0.25) is 5.75 Å². The summed E-state index contributed by atoms with van der Waals surface area (Å²) in [5, 5.41) is 10.6. The summed E-state index contributed by atoms with van der Waals surface area (Å²) in [6.45, 7) is -0.575. The molecule has 0 aliphatic carbocycles. The molecule has 1 aliphatic heterocycles. The number of hydrogen-bond acceptors (Lipinski definition) is 8. The maximum atomic E-state index is 12.9. The number of imide groups is 1. The quantitative estimate of drug-likeness (QED) is 0.254. The number of nitro groups is 1. The molecular weight excluding hydrogens is 469 g/mol. The van der Waals surface area contributed by atoms with E-state index in [0.29, 0.717) is 28.8 Å². The molecule has 9 nitrogen and oxygen atoms in total. The van der Waals surface area contributed by atoms with Gasteiger partial charge >= 0.3 is 17.8 Å². The van der Waals surface area contributed by atoms with E-state index in [-0.39, 0.29) is 16.2 Å².